The molecule has 1 unspecified atom stereocenters. The summed E-state index contributed by atoms with van der Waals surface area (Å²) in [6.07, 6.45) is -4.87. The average Bonchev–Trinajstić information content (AvgIpc) is 2.90. The number of benzene rings is 3. The van der Waals surface area contributed by atoms with Gasteiger partial charge in [0.25, 0.3) is 10.0 Å². The lowest BCUT2D eigenvalue weighted by molar-refractivity contribution is -0.139. The molecule has 0 saturated heterocycles. The van der Waals surface area contributed by atoms with Gasteiger partial charge in [0.15, 0.2) is 0 Å². The quantitative estimate of drug-likeness (QED) is 0.339. The maximum atomic E-state index is 13.8. The summed E-state index contributed by atoms with van der Waals surface area (Å²) in [6, 6.07) is 15.9. The van der Waals surface area contributed by atoms with Gasteiger partial charge < -0.3 is 10.2 Å². The monoisotopic (exact) mass is 595 g/mol. The summed E-state index contributed by atoms with van der Waals surface area (Å²) in [6.45, 7) is 4.46. The predicted octanol–water partition coefficient (Wildman–Crippen LogP) is 5.42. The molecule has 0 radical (unpaired) electrons. The summed E-state index contributed by atoms with van der Waals surface area (Å²) in [7, 11) is -4.52. The number of aryl methyl sites for hydroxylation is 1. The van der Waals surface area contributed by atoms with E-state index in [-0.39, 0.29) is 11.4 Å². The zero-order valence-electron chi connectivity index (χ0n) is 22.1. The highest BCUT2D eigenvalue weighted by molar-refractivity contribution is 7.92. The Bertz CT molecular complexity index is 1470. The molecule has 0 aliphatic heterocycles. The van der Waals surface area contributed by atoms with Crippen LogP contribution in [0.3, 0.4) is 0 Å². The van der Waals surface area contributed by atoms with Crippen LogP contribution in [0, 0.1) is 6.92 Å². The molecule has 0 heterocycles. The van der Waals surface area contributed by atoms with Crippen LogP contribution < -0.4 is 9.62 Å². The van der Waals surface area contributed by atoms with Gasteiger partial charge in [-0.25, -0.2) is 8.42 Å². The molecule has 0 saturated carbocycles. The summed E-state index contributed by atoms with van der Waals surface area (Å²) >= 11 is 5.77. The fraction of sp³-hybridized carbons (Fsp3) is 0.286. The van der Waals surface area contributed by atoms with Crippen LogP contribution in [0.5, 0.6) is 0 Å². The molecule has 1 atom stereocenters. The standard InChI is InChI=1S/C28H29ClF3N3O4S/c1-4-33-27(37)20(3)34(17-21-10-8-9-19(2)15-21)26(36)18-35(40(38,39)23-11-6-5-7-12-23)22-13-14-25(29)24(16-22)28(30,31)32/h5-16,20H,4,17-18H2,1-3H3,(H,33,37). The minimum atomic E-state index is -4.87. The molecule has 1 N–H and O–H groups in total. The minimum Gasteiger partial charge on any atom is -0.355 e. The molecule has 0 aliphatic rings. The number of likely N-dealkylation sites (N-methyl/N-ethyl adjacent to an activating group) is 1. The van der Waals surface area contributed by atoms with E-state index < -0.39 is 56.9 Å². The van der Waals surface area contributed by atoms with Crippen LogP contribution in [0.4, 0.5) is 18.9 Å². The van der Waals surface area contributed by atoms with Gasteiger partial charge in [-0.3, -0.25) is 13.9 Å². The second-order valence-electron chi connectivity index (χ2n) is 9.07. The molecule has 12 heteroatoms. The molecule has 2 amide bonds. The van der Waals surface area contributed by atoms with Crippen LogP contribution in [0.1, 0.15) is 30.5 Å². The van der Waals surface area contributed by atoms with E-state index >= 15 is 0 Å². The second kappa shape index (κ2) is 12.7. The minimum absolute atomic E-state index is 0.0353. The zero-order chi connectivity index (χ0) is 29.7. The Morgan fingerprint density at radius 3 is 2.27 bits per heavy atom. The summed E-state index contributed by atoms with van der Waals surface area (Å²) in [5, 5.41) is 2.03. The molecule has 0 bridgehead atoms. The fourth-order valence-electron chi connectivity index (χ4n) is 4.05. The number of nitrogens with zero attached hydrogens (tertiary/aromatic N) is 2. The van der Waals surface area contributed by atoms with Crippen molar-refractivity contribution in [2.75, 3.05) is 17.4 Å². The summed E-state index contributed by atoms with van der Waals surface area (Å²) in [5.41, 5.74) is -0.0627. The largest absolute Gasteiger partial charge is 0.417 e. The van der Waals surface area contributed by atoms with Crippen LogP contribution in [-0.4, -0.2) is 44.3 Å². The highest BCUT2D eigenvalue weighted by Crippen LogP contribution is 2.38. The Morgan fingerprint density at radius 2 is 1.68 bits per heavy atom. The SMILES string of the molecule is CCNC(=O)C(C)N(Cc1cccc(C)c1)C(=O)CN(c1ccc(Cl)c(C(F)(F)F)c1)S(=O)(=O)c1ccccc1. The van der Waals surface area contributed by atoms with Crippen molar-refractivity contribution in [3.8, 4) is 0 Å². The first kappa shape index (κ1) is 31.0. The fourth-order valence-corrected chi connectivity index (χ4v) is 5.70. The van der Waals surface area contributed by atoms with Crippen molar-refractivity contribution in [1.29, 1.82) is 0 Å². The number of hydrogen-bond acceptors (Lipinski definition) is 4. The van der Waals surface area contributed by atoms with Gasteiger partial charge in [-0.2, -0.15) is 13.2 Å². The van der Waals surface area contributed by atoms with E-state index in [2.05, 4.69) is 5.32 Å². The van der Waals surface area contributed by atoms with Crippen molar-refractivity contribution < 1.29 is 31.2 Å². The van der Waals surface area contributed by atoms with Crippen molar-refractivity contribution in [1.82, 2.24) is 10.2 Å². The Kier molecular flexibility index (Phi) is 9.86. The van der Waals surface area contributed by atoms with Crippen molar-refractivity contribution in [2.45, 2.75) is 44.4 Å². The van der Waals surface area contributed by atoms with E-state index in [1.165, 1.54) is 36.1 Å². The van der Waals surface area contributed by atoms with E-state index in [0.29, 0.717) is 22.5 Å². The number of halogens is 4. The van der Waals surface area contributed by atoms with Gasteiger partial charge in [-0.05, 0) is 56.7 Å². The third-order valence-corrected chi connectivity index (χ3v) is 8.22. The molecule has 0 aliphatic carbocycles. The maximum absolute atomic E-state index is 13.8. The molecule has 3 rings (SSSR count). The first-order valence-electron chi connectivity index (χ1n) is 12.3. The Morgan fingerprint density at radius 1 is 1.00 bits per heavy atom. The second-order valence-corrected chi connectivity index (χ2v) is 11.3. The number of sulfonamides is 1. The van der Waals surface area contributed by atoms with Gasteiger partial charge in [0, 0.05) is 13.1 Å². The highest BCUT2D eigenvalue weighted by atomic mass is 35.5. The van der Waals surface area contributed by atoms with E-state index in [1.807, 2.05) is 19.1 Å². The van der Waals surface area contributed by atoms with Gasteiger partial charge in [-0.15, -0.1) is 0 Å². The number of rotatable bonds is 10. The first-order valence-corrected chi connectivity index (χ1v) is 14.1. The van der Waals surface area contributed by atoms with E-state index in [9.17, 15) is 31.2 Å². The topological polar surface area (TPSA) is 86.8 Å². The van der Waals surface area contributed by atoms with E-state index in [0.717, 1.165) is 17.7 Å². The van der Waals surface area contributed by atoms with Crippen LogP contribution in [0.2, 0.25) is 5.02 Å². The molecular formula is C28H29ClF3N3O4S. The molecule has 40 heavy (non-hydrogen) atoms. The van der Waals surface area contributed by atoms with Gasteiger partial charge in [-0.1, -0.05) is 59.6 Å². The Hall–Kier alpha value is -3.57. The van der Waals surface area contributed by atoms with Crippen molar-refractivity contribution in [3.05, 3.63) is 94.5 Å². The molecule has 0 fully saturated rings. The van der Waals surface area contributed by atoms with E-state index in [4.69, 9.17) is 11.6 Å². The van der Waals surface area contributed by atoms with Crippen LogP contribution >= 0.6 is 11.6 Å². The molecule has 0 spiro atoms. The molecular weight excluding hydrogens is 567 g/mol. The Labute approximate surface area is 236 Å². The molecule has 3 aromatic rings. The van der Waals surface area contributed by atoms with E-state index in [1.54, 1.807) is 25.1 Å². The van der Waals surface area contributed by atoms with Gasteiger partial charge in [0.1, 0.15) is 12.6 Å². The number of hydrogen-bond donors (Lipinski definition) is 1. The van der Waals surface area contributed by atoms with Crippen LogP contribution in [0.25, 0.3) is 0 Å². The van der Waals surface area contributed by atoms with Gasteiger partial charge in [0.2, 0.25) is 11.8 Å². The number of anilines is 1. The first-order chi connectivity index (χ1) is 18.8. The highest BCUT2D eigenvalue weighted by Gasteiger charge is 2.36. The molecule has 3 aromatic carbocycles. The number of carbonyl (C=O) groups is 2. The molecule has 0 aromatic heterocycles. The third-order valence-electron chi connectivity index (χ3n) is 6.11. The number of amides is 2. The summed E-state index contributed by atoms with van der Waals surface area (Å²) in [5.74, 6) is -1.25. The number of nitrogens with one attached hydrogen (secondary N) is 1. The average molecular weight is 596 g/mol. The van der Waals surface area contributed by atoms with Crippen molar-refractivity contribution >= 4 is 39.1 Å². The number of carbonyl (C=O) groups excluding carboxylic acids is 2. The van der Waals surface area contributed by atoms with Crippen LogP contribution in [0.15, 0.2) is 77.7 Å². The maximum Gasteiger partial charge on any atom is 0.417 e. The lowest BCUT2D eigenvalue weighted by atomic mass is 10.1. The van der Waals surface area contributed by atoms with Crippen molar-refractivity contribution in [3.63, 3.8) is 0 Å². The smallest absolute Gasteiger partial charge is 0.355 e. The van der Waals surface area contributed by atoms with Gasteiger partial charge in [0.05, 0.1) is 21.2 Å². The van der Waals surface area contributed by atoms with Crippen LogP contribution in [-0.2, 0) is 32.3 Å². The third kappa shape index (κ3) is 7.33. The lowest BCUT2D eigenvalue weighted by Gasteiger charge is -2.32. The zero-order valence-corrected chi connectivity index (χ0v) is 23.6. The van der Waals surface area contributed by atoms with Gasteiger partial charge >= 0.3 is 6.18 Å². The Balaban J connectivity index is 2.11. The lowest BCUT2D eigenvalue weighted by Crippen LogP contribution is -2.51. The summed E-state index contributed by atoms with van der Waals surface area (Å²) in [4.78, 5) is 27.5. The normalized spacial score (nSPS) is 12.5. The van der Waals surface area contributed by atoms with Crippen molar-refractivity contribution in [2.24, 2.45) is 0 Å². The predicted molar refractivity (Wildman–Crippen MR) is 147 cm³/mol. The molecule has 214 valence electrons. The summed E-state index contributed by atoms with van der Waals surface area (Å²) < 4.78 is 69.0. The number of alkyl halides is 3. The molecule has 7 nitrogen and oxygen atoms in total.